The van der Waals surface area contributed by atoms with Crippen LogP contribution in [0.5, 0.6) is 0 Å². The number of nitro groups is 1. The van der Waals surface area contributed by atoms with Crippen LogP contribution in [-0.4, -0.2) is 34.6 Å². The van der Waals surface area contributed by atoms with Crippen molar-refractivity contribution in [1.82, 2.24) is 10.6 Å². The highest BCUT2D eigenvalue weighted by molar-refractivity contribution is 5.94. The number of carbonyl (C=O) groups is 2. The molecule has 8 nitrogen and oxygen atoms in total. The molecule has 0 spiro atoms. The van der Waals surface area contributed by atoms with Crippen LogP contribution in [-0.2, 0) is 4.74 Å². The Hall–Kier alpha value is -2.64. The summed E-state index contributed by atoms with van der Waals surface area (Å²) in [7, 11) is 0. The van der Waals surface area contributed by atoms with E-state index >= 15 is 0 Å². The van der Waals surface area contributed by atoms with Crippen molar-refractivity contribution in [3.8, 4) is 0 Å². The Balaban J connectivity index is 2.06. The van der Waals surface area contributed by atoms with Crippen LogP contribution in [0.3, 0.4) is 0 Å². The number of carbonyl (C=O) groups excluding carboxylic acids is 2. The topological polar surface area (TPSA) is 111 Å². The predicted octanol–water partition coefficient (Wildman–Crippen LogP) is 3.86. The fourth-order valence-corrected chi connectivity index (χ4v) is 3.45. The molecule has 2 amide bonds. The minimum Gasteiger partial charge on any atom is -0.444 e. The van der Waals surface area contributed by atoms with E-state index < -0.39 is 22.2 Å². The average Bonchev–Trinajstić information content (AvgIpc) is 2.58. The van der Waals surface area contributed by atoms with Gasteiger partial charge in [0.25, 0.3) is 11.6 Å². The van der Waals surface area contributed by atoms with E-state index in [2.05, 4.69) is 10.6 Å². The van der Waals surface area contributed by atoms with Crippen molar-refractivity contribution < 1.29 is 19.2 Å². The molecule has 1 aromatic rings. The highest BCUT2D eigenvalue weighted by Gasteiger charge is 2.35. The molecular weight excluding hydrogens is 362 g/mol. The molecule has 8 heteroatoms. The fourth-order valence-electron chi connectivity index (χ4n) is 3.45. The van der Waals surface area contributed by atoms with Crippen molar-refractivity contribution in [2.24, 2.45) is 0 Å². The van der Waals surface area contributed by atoms with E-state index in [0.717, 1.165) is 32.1 Å². The van der Waals surface area contributed by atoms with Crippen molar-refractivity contribution in [3.05, 3.63) is 39.4 Å². The van der Waals surface area contributed by atoms with E-state index in [0.29, 0.717) is 11.1 Å². The lowest BCUT2D eigenvalue weighted by atomic mass is 9.81. The van der Waals surface area contributed by atoms with E-state index in [1.54, 1.807) is 27.7 Å². The van der Waals surface area contributed by atoms with E-state index in [-0.39, 0.29) is 18.1 Å². The number of nitrogens with one attached hydrogen (secondary N) is 2. The fraction of sp³-hybridized carbons (Fsp3) is 0.600. The molecule has 2 rings (SSSR count). The van der Waals surface area contributed by atoms with Crippen LogP contribution in [0.4, 0.5) is 10.5 Å². The van der Waals surface area contributed by atoms with Crippen LogP contribution in [0, 0.1) is 17.0 Å². The molecule has 0 aromatic heterocycles. The van der Waals surface area contributed by atoms with Crippen molar-refractivity contribution in [2.75, 3.05) is 6.54 Å². The van der Waals surface area contributed by atoms with E-state index in [4.69, 9.17) is 4.74 Å². The van der Waals surface area contributed by atoms with Gasteiger partial charge in [0.05, 0.1) is 10.5 Å². The number of benzene rings is 1. The maximum Gasteiger partial charge on any atom is 0.408 e. The molecule has 0 unspecified atom stereocenters. The standard InChI is InChI=1S/C20H29N3O5/c1-14-12-15(8-9-16(14)23(26)27)17(24)21-13-20(10-6-5-7-11-20)22-18(25)28-19(2,3)4/h8-9,12H,5-7,10-11,13H2,1-4H3,(H,21,24)(H,22,25). The molecule has 0 radical (unpaired) electrons. The summed E-state index contributed by atoms with van der Waals surface area (Å²) >= 11 is 0. The van der Waals surface area contributed by atoms with Gasteiger partial charge in [-0.3, -0.25) is 14.9 Å². The summed E-state index contributed by atoms with van der Waals surface area (Å²) < 4.78 is 5.38. The van der Waals surface area contributed by atoms with Gasteiger partial charge in [-0.15, -0.1) is 0 Å². The maximum absolute atomic E-state index is 12.6. The minimum atomic E-state index is -0.598. The van der Waals surface area contributed by atoms with Crippen molar-refractivity contribution in [3.63, 3.8) is 0 Å². The highest BCUT2D eigenvalue weighted by atomic mass is 16.6. The molecule has 1 aliphatic rings. The molecule has 0 heterocycles. The summed E-state index contributed by atoms with van der Waals surface area (Å²) in [5.74, 6) is -0.325. The number of hydrogen-bond donors (Lipinski definition) is 2. The monoisotopic (exact) mass is 391 g/mol. The van der Waals surface area contributed by atoms with Gasteiger partial charge in [-0.1, -0.05) is 19.3 Å². The number of aryl methyl sites for hydroxylation is 1. The van der Waals surface area contributed by atoms with Crippen LogP contribution in [0.1, 0.15) is 68.8 Å². The number of nitro benzene ring substituents is 1. The van der Waals surface area contributed by atoms with Crippen LogP contribution in [0.25, 0.3) is 0 Å². The largest absolute Gasteiger partial charge is 0.444 e. The molecule has 0 bridgehead atoms. The van der Waals surface area contributed by atoms with E-state index in [9.17, 15) is 19.7 Å². The number of rotatable bonds is 5. The van der Waals surface area contributed by atoms with E-state index in [1.807, 2.05) is 0 Å². The number of amides is 2. The molecule has 154 valence electrons. The summed E-state index contributed by atoms with van der Waals surface area (Å²) in [5, 5.41) is 16.8. The Kier molecular flexibility index (Phi) is 6.64. The number of alkyl carbamates (subject to hydrolysis) is 1. The predicted molar refractivity (Wildman–Crippen MR) is 105 cm³/mol. The van der Waals surface area contributed by atoms with Crippen LogP contribution >= 0.6 is 0 Å². The Morgan fingerprint density at radius 1 is 1.21 bits per heavy atom. The smallest absolute Gasteiger partial charge is 0.408 e. The zero-order valence-corrected chi connectivity index (χ0v) is 17.0. The van der Waals surface area contributed by atoms with Gasteiger partial charge in [0, 0.05) is 23.7 Å². The van der Waals surface area contributed by atoms with Crippen LogP contribution in [0.15, 0.2) is 18.2 Å². The average molecular weight is 391 g/mol. The third-order valence-corrected chi connectivity index (χ3v) is 4.82. The third kappa shape index (κ3) is 5.94. The summed E-state index contributed by atoms with van der Waals surface area (Å²) in [6, 6.07) is 4.27. The van der Waals surface area contributed by atoms with Gasteiger partial charge >= 0.3 is 6.09 Å². The molecule has 0 saturated heterocycles. The molecular formula is C20H29N3O5. The van der Waals surface area contributed by atoms with Gasteiger partial charge in [0.1, 0.15) is 5.60 Å². The Morgan fingerprint density at radius 3 is 2.39 bits per heavy atom. The second kappa shape index (κ2) is 8.58. The lowest BCUT2D eigenvalue weighted by Crippen LogP contribution is -2.57. The lowest BCUT2D eigenvalue weighted by molar-refractivity contribution is -0.385. The SMILES string of the molecule is Cc1cc(C(=O)NCC2(NC(=O)OC(C)(C)C)CCCCC2)ccc1[N+](=O)[O-]. The molecule has 1 fully saturated rings. The first-order valence-corrected chi connectivity index (χ1v) is 9.56. The normalized spacial score (nSPS) is 16.1. The quantitative estimate of drug-likeness (QED) is 0.585. The van der Waals surface area contributed by atoms with Gasteiger partial charge in [-0.05, 0) is 52.7 Å². The molecule has 1 aliphatic carbocycles. The zero-order chi connectivity index (χ0) is 20.9. The van der Waals surface area contributed by atoms with Gasteiger partial charge in [0.2, 0.25) is 0 Å². The third-order valence-electron chi connectivity index (χ3n) is 4.82. The van der Waals surface area contributed by atoms with Gasteiger partial charge in [-0.2, -0.15) is 0 Å². The summed E-state index contributed by atoms with van der Waals surface area (Å²) in [5.41, 5.74) is -0.388. The summed E-state index contributed by atoms with van der Waals surface area (Å²) in [6.07, 6.45) is 4.03. The molecule has 2 N–H and O–H groups in total. The lowest BCUT2D eigenvalue weighted by Gasteiger charge is -2.38. The van der Waals surface area contributed by atoms with Crippen molar-refractivity contribution in [2.45, 2.75) is 70.9 Å². The van der Waals surface area contributed by atoms with Crippen molar-refractivity contribution in [1.29, 1.82) is 0 Å². The Bertz CT molecular complexity index is 749. The molecule has 1 saturated carbocycles. The second-order valence-electron chi connectivity index (χ2n) is 8.41. The number of ether oxygens (including phenoxy) is 1. The summed E-state index contributed by atoms with van der Waals surface area (Å²) in [4.78, 5) is 35.3. The Labute approximate surface area is 165 Å². The zero-order valence-electron chi connectivity index (χ0n) is 17.0. The Morgan fingerprint density at radius 2 is 1.86 bits per heavy atom. The van der Waals surface area contributed by atoms with Crippen molar-refractivity contribution >= 4 is 17.7 Å². The first-order valence-electron chi connectivity index (χ1n) is 9.56. The van der Waals surface area contributed by atoms with Crippen LogP contribution in [0.2, 0.25) is 0 Å². The first-order chi connectivity index (χ1) is 13.0. The van der Waals surface area contributed by atoms with Gasteiger partial charge in [0.15, 0.2) is 0 Å². The van der Waals surface area contributed by atoms with Gasteiger partial charge < -0.3 is 15.4 Å². The van der Waals surface area contributed by atoms with Gasteiger partial charge in [-0.25, -0.2) is 4.79 Å². The number of hydrogen-bond acceptors (Lipinski definition) is 5. The minimum absolute atomic E-state index is 0.0214. The first kappa shape index (κ1) is 21.7. The molecule has 0 aliphatic heterocycles. The molecule has 28 heavy (non-hydrogen) atoms. The number of nitrogens with zero attached hydrogens (tertiary/aromatic N) is 1. The van der Waals surface area contributed by atoms with E-state index in [1.165, 1.54) is 18.2 Å². The highest BCUT2D eigenvalue weighted by Crippen LogP contribution is 2.28. The molecule has 1 aromatic carbocycles. The summed E-state index contributed by atoms with van der Waals surface area (Å²) in [6.45, 7) is 7.29. The maximum atomic E-state index is 12.6. The van der Waals surface area contributed by atoms with Crippen LogP contribution < -0.4 is 10.6 Å². The molecule has 0 atom stereocenters. The second-order valence-corrected chi connectivity index (χ2v) is 8.41.